The topological polar surface area (TPSA) is 219 Å². The summed E-state index contributed by atoms with van der Waals surface area (Å²) in [5.41, 5.74) is -2.73. The highest BCUT2D eigenvalue weighted by Crippen LogP contribution is 2.33. The van der Waals surface area contributed by atoms with E-state index in [1.165, 1.54) is 13.0 Å². The van der Waals surface area contributed by atoms with E-state index in [0.717, 1.165) is 30.9 Å². The lowest BCUT2D eigenvalue weighted by Gasteiger charge is -2.23. The molecule has 288 valence electrons. The molecule has 4 rings (SSSR count). The Kier molecular flexibility index (Phi) is 14.7. The van der Waals surface area contributed by atoms with Crippen molar-refractivity contribution in [2.75, 3.05) is 61.8 Å². The standard InChI is InChI=1S/C36H42F3N9O6/c1-35(53,34(52)46-26-6-5-23(21-40)28(19-26)36(37,38)39)22-54-27-9-7-24(8-10-27)43-17-15-41-13-14-42-16-18-44-30-4-2-3-25(45-30)20-32(50)47-29-11-12-31(49)48-33(29)51/h2-10,19,29,41-43,53H,11-18,20,22H2,1H3,(H,44,45)(H,46,52)(H,47,50)(H,48,49,51). The number of alkyl halides is 3. The number of ether oxygens (including phenoxy) is 1. The van der Waals surface area contributed by atoms with Crippen molar-refractivity contribution in [1.82, 2.24) is 26.3 Å². The average Bonchev–Trinajstić information content (AvgIpc) is 3.13. The number of aliphatic hydroxyl groups is 1. The molecule has 15 nitrogen and oxygen atoms in total. The minimum absolute atomic E-state index is 0.00460. The van der Waals surface area contributed by atoms with Gasteiger partial charge in [-0.2, -0.15) is 18.4 Å². The fourth-order valence-electron chi connectivity index (χ4n) is 5.10. The second-order valence-electron chi connectivity index (χ2n) is 12.5. The maximum absolute atomic E-state index is 13.2. The van der Waals surface area contributed by atoms with Gasteiger partial charge in [-0.1, -0.05) is 6.07 Å². The number of carbonyl (C=O) groups excluding carboxylic acids is 4. The van der Waals surface area contributed by atoms with E-state index in [0.29, 0.717) is 49.5 Å². The molecule has 1 aliphatic heterocycles. The van der Waals surface area contributed by atoms with Crippen LogP contribution in [0.5, 0.6) is 5.75 Å². The molecular weight excluding hydrogens is 711 g/mol. The van der Waals surface area contributed by atoms with Gasteiger partial charge >= 0.3 is 6.18 Å². The summed E-state index contributed by atoms with van der Waals surface area (Å²) in [5, 5.41) is 39.7. The highest BCUT2D eigenvalue weighted by molar-refractivity contribution is 6.01. The number of halogens is 3. The second kappa shape index (κ2) is 19.3. The number of imide groups is 1. The monoisotopic (exact) mass is 753 g/mol. The maximum Gasteiger partial charge on any atom is 0.417 e. The van der Waals surface area contributed by atoms with Crippen LogP contribution < -0.4 is 42.0 Å². The van der Waals surface area contributed by atoms with Gasteiger partial charge in [-0.3, -0.25) is 24.5 Å². The lowest BCUT2D eigenvalue weighted by molar-refractivity contribution is -0.138. The molecule has 0 aliphatic carbocycles. The second-order valence-corrected chi connectivity index (χ2v) is 12.5. The van der Waals surface area contributed by atoms with Gasteiger partial charge in [0.15, 0.2) is 5.60 Å². The molecule has 4 amide bonds. The zero-order valence-corrected chi connectivity index (χ0v) is 29.4. The smallest absolute Gasteiger partial charge is 0.417 e. The number of nitriles is 1. The van der Waals surface area contributed by atoms with Crippen LogP contribution in [0.25, 0.3) is 0 Å². The first kappa shape index (κ1) is 41.0. The highest BCUT2D eigenvalue weighted by atomic mass is 19.4. The number of hydrogen-bond donors (Lipinski definition) is 8. The van der Waals surface area contributed by atoms with E-state index in [1.54, 1.807) is 42.5 Å². The molecule has 1 saturated heterocycles. The predicted octanol–water partition coefficient (Wildman–Crippen LogP) is 1.91. The third-order valence-electron chi connectivity index (χ3n) is 8.01. The van der Waals surface area contributed by atoms with Crippen LogP contribution in [0.15, 0.2) is 60.7 Å². The van der Waals surface area contributed by atoms with Crippen LogP contribution in [0.4, 0.5) is 30.4 Å². The molecule has 1 fully saturated rings. The van der Waals surface area contributed by atoms with Crippen LogP contribution in [-0.4, -0.2) is 91.2 Å². The molecule has 2 unspecified atom stereocenters. The number of nitrogens with one attached hydrogen (secondary N) is 7. The molecule has 2 atom stereocenters. The van der Waals surface area contributed by atoms with Gasteiger partial charge in [-0.05, 0) is 67.9 Å². The minimum Gasteiger partial charge on any atom is -0.490 e. The van der Waals surface area contributed by atoms with Gasteiger partial charge in [-0.25, -0.2) is 4.98 Å². The lowest BCUT2D eigenvalue weighted by Crippen LogP contribution is -2.52. The fourth-order valence-corrected chi connectivity index (χ4v) is 5.10. The van der Waals surface area contributed by atoms with Crippen LogP contribution in [0.3, 0.4) is 0 Å². The van der Waals surface area contributed by atoms with Crippen molar-refractivity contribution < 1.29 is 42.2 Å². The Morgan fingerprint density at radius 2 is 1.63 bits per heavy atom. The number of amides is 4. The lowest BCUT2D eigenvalue weighted by atomic mass is 10.1. The number of anilines is 3. The predicted molar refractivity (Wildman–Crippen MR) is 192 cm³/mol. The highest BCUT2D eigenvalue weighted by Gasteiger charge is 2.35. The Balaban J connectivity index is 1.05. The molecule has 18 heteroatoms. The number of nitrogens with zero attached hydrogens (tertiary/aromatic N) is 2. The summed E-state index contributed by atoms with van der Waals surface area (Å²) in [7, 11) is 0. The summed E-state index contributed by atoms with van der Waals surface area (Å²) in [4.78, 5) is 52.6. The summed E-state index contributed by atoms with van der Waals surface area (Å²) in [6, 6.07) is 15.6. The number of aromatic nitrogens is 1. The van der Waals surface area contributed by atoms with Gasteiger partial charge in [0.1, 0.15) is 24.2 Å². The van der Waals surface area contributed by atoms with Crippen molar-refractivity contribution in [3.8, 4) is 11.8 Å². The van der Waals surface area contributed by atoms with Crippen LogP contribution in [0, 0.1) is 11.3 Å². The molecule has 8 N–H and O–H groups in total. The molecule has 3 aromatic rings. The van der Waals surface area contributed by atoms with E-state index in [1.807, 2.05) is 0 Å². The van der Waals surface area contributed by atoms with Gasteiger partial charge in [0.25, 0.3) is 5.91 Å². The van der Waals surface area contributed by atoms with E-state index in [9.17, 15) is 37.5 Å². The van der Waals surface area contributed by atoms with Crippen molar-refractivity contribution in [3.05, 3.63) is 77.5 Å². The average molecular weight is 754 g/mol. The number of pyridine rings is 1. The quantitative estimate of drug-likeness (QED) is 0.0651. The largest absolute Gasteiger partial charge is 0.490 e. The van der Waals surface area contributed by atoms with Crippen LogP contribution in [-0.2, 0) is 31.8 Å². The van der Waals surface area contributed by atoms with Crippen molar-refractivity contribution in [1.29, 1.82) is 5.26 Å². The first-order valence-electron chi connectivity index (χ1n) is 17.1. The maximum atomic E-state index is 13.2. The molecule has 2 heterocycles. The Labute approximate surface area is 309 Å². The van der Waals surface area contributed by atoms with Gasteiger partial charge in [0.05, 0.1) is 29.3 Å². The summed E-state index contributed by atoms with van der Waals surface area (Å²) >= 11 is 0. The zero-order chi connectivity index (χ0) is 39.1. The fraction of sp³-hybridized carbons (Fsp3) is 0.389. The number of rotatable bonds is 19. The first-order valence-corrected chi connectivity index (χ1v) is 17.1. The Morgan fingerprint density at radius 3 is 2.30 bits per heavy atom. The SMILES string of the molecule is CC(O)(COc1ccc(NCCNCCNCCNc2cccc(CC(=O)NC3CCC(=O)NC3=O)n2)cc1)C(=O)Nc1ccc(C#N)c(C(F)(F)F)c1. The summed E-state index contributed by atoms with van der Waals surface area (Å²) < 4.78 is 45.3. The van der Waals surface area contributed by atoms with Gasteiger partial charge < -0.3 is 41.7 Å². The van der Waals surface area contributed by atoms with Gasteiger partial charge in [0, 0.05) is 57.1 Å². The van der Waals surface area contributed by atoms with Crippen molar-refractivity contribution >= 4 is 40.8 Å². The molecule has 0 spiro atoms. The number of benzene rings is 2. The normalized spacial score (nSPS) is 15.3. The molecule has 54 heavy (non-hydrogen) atoms. The van der Waals surface area contributed by atoms with E-state index in [4.69, 9.17) is 10.00 Å². The van der Waals surface area contributed by atoms with E-state index in [2.05, 4.69) is 42.2 Å². The number of carbonyl (C=O) groups is 4. The van der Waals surface area contributed by atoms with Crippen molar-refractivity contribution in [3.63, 3.8) is 0 Å². The molecule has 1 aromatic heterocycles. The Hall–Kier alpha value is -5.77. The molecular formula is C36H42F3N9O6. The van der Waals surface area contributed by atoms with Gasteiger partial charge in [0.2, 0.25) is 17.7 Å². The van der Waals surface area contributed by atoms with Crippen molar-refractivity contribution in [2.24, 2.45) is 0 Å². The molecule has 0 saturated carbocycles. The third kappa shape index (κ3) is 13.0. The van der Waals surface area contributed by atoms with Crippen LogP contribution in [0.1, 0.15) is 36.6 Å². The Bertz CT molecular complexity index is 1820. The molecule has 2 aromatic carbocycles. The van der Waals surface area contributed by atoms with E-state index < -0.39 is 47.4 Å². The number of hydrogen-bond acceptors (Lipinski definition) is 12. The first-order chi connectivity index (χ1) is 25.7. The number of piperidine rings is 1. The molecule has 0 bridgehead atoms. The third-order valence-corrected chi connectivity index (χ3v) is 8.01. The summed E-state index contributed by atoms with van der Waals surface area (Å²) in [6.45, 7) is 4.76. The Morgan fingerprint density at radius 1 is 0.963 bits per heavy atom. The summed E-state index contributed by atoms with van der Waals surface area (Å²) in [5.74, 6) is -1.19. The van der Waals surface area contributed by atoms with E-state index in [-0.39, 0.29) is 36.8 Å². The summed E-state index contributed by atoms with van der Waals surface area (Å²) in [6.07, 6.45) is -4.33. The van der Waals surface area contributed by atoms with Crippen molar-refractivity contribution in [2.45, 2.75) is 44.0 Å². The molecule has 1 aliphatic rings. The zero-order valence-electron chi connectivity index (χ0n) is 29.4. The van der Waals surface area contributed by atoms with E-state index >= 15 is 0 Å². The minimum atomic E-state index is -4.79. The van der Waals surface area contributed by atoms with Gasteiger partial charge in [-0.15, -0.1) is 0 Å². The van der Waals surface area contributed by atoms with Crippen LogP contribution in [0.2, 0.25) is 0 Å². The van der Waals surface area contributed by atoms with Crippen LogP contribution >= 0.6 is 0 Å². The molecule has 0 radical (unpaired) electrons.